The second kappa shape index (κ2) is 5.21. The summed E-state index contributed by atoms with van der Waals surface area (Å²) in [4.78, 5) is 27.6. The molecule has 0 radical (unpaired) electrons. The summed E-state index contributed by atoms with van der Waals surface area (Å²) >= 11 is 5.71. The van der Waals surface area contributed by atoms with Crippen LogP contribution < -0.4 is 0 Å². The minimum absolute atomic E-state index is 0.0993. The lowest BCUT2D eigenvalue weighted by molar-refractivity contribution is -0.148. The Kier molecular flexibility index (Phi) is 3.61. The van der Waals surface area contributed by atoms with Crippen LogP contribution in [0.1, 0.15) is 10.4 Å². The van der Waals surface area contributed by atoms with Crippen LogP contribution in [0.4, 0.5) is 4.39 Å². The molecule has 2 saturated heterocycles. The number of likely N-dealkylation sites (tertiary alicyclic amines) is 2. The van der Waals surface area contributed by atoms with Crippen LogP contribution in [0, 0.1) is 17.2 Å². The Bertz CT molecular complexity index is 654. The van der Waals surface area contributed by atoms with Gasteiger partial charge in [-0.1, -0.05) is 17.7 Å². The third-order valence-electron chi connectivity index (χ3n) is 4.67. The fourth-order valence-corrected chi connectivity index (χ4v) is 3.79. The molecule has 1 aromatic carbocycles. The van der Waals surface area contributed by atoms with Gasteiger partial charge in [-0.25, -0.2) is 4.39 Å². The molecule has 2 heterocycles. The van der Waals surface area contributed by atoms with Crippen LogP contribution in [0.15, 0.2) is 18.2 Å². The Balaban J connectivity index is 1.88. The van der Waals surface area contributed by atoms with E-state index in [1.807, 2.05) is 11.9 Å². The second-order valence-corrected chi connectivity index (χ2v) is 6.55. The maximum absolute atomic E-state index is 14.0. The van der Waals surface area contributed by atoms with Crippen molar-refractivity contribution in [2.24, 2.45) is 11.3 Å². The van der Waals surface area contributed by atoms with Gasteiger partial charge in [0, 0.05) is 32.1 Å². The van der Waals surface area contributed by atoms with Gasteiger partial charge in [-0.05, 0) is 19.2 Å². The van der Waals surface area contributed by atoms with Crippen LogP contribution in [-0.2, 0) is 4.79 Å². The molecule has 0 bridgehead atoms. The molecule has 1 aromatic rings. The first-order valence-electron chi connectivity index (χ1n) is 7.00. The molecule has 5 nitrogen and oxygen atoms in total. The van der Waals surface area contributed by atoms with Crippen LogP contribution in [0.2, 0.25) is 5.02 Å². The van der Waals surface area contributed by atoms with E-state index < -0.39 is 23.1 Å². The number of amides is 1. The van der Waals surface area contributed by atoms with Crippen molar-refractivity contribution in [2.45, 2.75) is 0 Å². The summed E-state index contributed by atoms with van der Waals surface area (Å²) in [6.07, 6.45) is 0. The average molecular weight is 327 g/mol. The fourth-order valence-electron chi connectivity index (χ4n) is 3.61. The van der Waals surface area contributed by atoms with E-state index in [2.05, 4.69) is 0 Å². The van der Waals surface area contributed by atoms with Crippen molar-refractivity contribution >= 4 is 23.5 Å². The summed E-state index contributed by atoms with van der Waals surface area (Å²) in [5.41, 5.74) is -1.07. The Hall–Kier alpha value is -1.66. The normalized spacial score (nSPS) is 28.0. The standard InChI is InChI=1S/C15H16ClFN2O3/c1-18-5-9-6-19(8-15(9,7-18)14(21)22)13(20)10-3-2-4-11(16)12(10)17/h2-4,9H,5-8H2,1H3,(H,21,22)/t9?,15-/m0/s1. The lowest BCUT2D eigenvalue weighted by atomic mass is 9.81. The van der Waals surface area contributed by atoms with Crippen molar-refractivity contribution in [3.05, 3.63) is 34.6 Å². The molecule has 2 fully saturated rings. The number of hydrogen-bond donors (Lipinski definition) is 1. The SMILES string of the molecule is CN1CC2CN(C(=O)c3cccc(Cl)c3F)C[C@@]2(C(=O)O)C1. The molecule has 1 N–H and O–H groups in total. The van der Waals surface area contributed by atoms with E-state index in [4.69, 9.17) is 11.6 Å². The molecule has 1 amide bonds. The van der Waals surface area contributed by atoms with Crippen molar-refractivity contribution < 1.29 is 19.1 Å². The largest absolute Gasteiger partial charge is 0.481 e. The Morgan fingerprint density at radius 3 is 2.73 bits per heavy atom. The number of carboxylic acid groups (broad SMARTS) is 1. The number of benzene rings is 1. The van der Waals surface area contributed by atoms with Crippen molar-refractivity contribution in [3.63, 3.8) is 0 Å². The molecule has 22 heavy (non-hydrogen) atoms. The van der Waals surface area contributed by atoms with Crippen LogP contribution in [-0.4, -0.2) is 60.0 Å². The lowest BCUT2D eigenvalue weighted by Crippen LogP contribution is -2.41. The zero-order valence-electron chi connectivity index (χ0n) is 12.1. The van der Waals surface area contributed by atoms with Crippen molar-refractivity contribution in [2.75, 3.05) is 33.2 Å². The summed E-state index contributed by atoms with van der Waals surface area (Å²) in [6, 6.07) is 4.26. The van der Waals surface area contributed by atoms with Crippen molar-refractivity contribution in [1.29, 1.82) is 0 Å². The molecule has 3 rings (SSSR count). The Morgan fingerprint density at radius 2 is 2.09 bits per heavy atom. The number of aliphatic carboxylic acids is 1. The Morgan fingerprint density at radius 1 is 1.36 bits per heavy atom. The second-order valence-electron chi connectivity index (χ2n) is 6.14. The van der Waals surface area contributed by atoms with Gasteiger partial charge in [0.2, 0.25) is 0 Å². The number of carbonyl (C=O) groups is 2. The van der Waals surface area contributed by atoms with Crippen LogP contribution in [0.5, 0.6) is 0 Å². The smallest absolute Gasteiger partial charge is 0.313 e. The quantitative estimate of drug-likeness (QED) is 0.896. The van der Waals surface area contributed by atoms with Gasteiger partial charge in [-0.3, -0.25) is 9.59 Å². The highest BCUT2D eigenvalue weighted by molar-refractivity contribution is 6.31. The minimum Gasteiger partial charge on any atom is -0.481 e. The molecular formula is C15H16ClFN2O3. The number of fused-ring (bicyclic) bond motifs is 1. The molecule has 0 aliphatic carbocycles. The first-order chi connectivity index (χ1) is 10.3. The fraction of sp³-hybridized carbons (Fsp3) is 0.467. The molecular weight excluding hydrogens is 311 g/mol. The monoisotopic (exact) mass is 326 g/mol. The first kappa shape index (κ1) is 15.2. The minimum atomic E-state index is -0.959. The Labute approximate surface area is 132 Å². The van der Waals surface area contributed by atoms with Gasteiger partial charge in [0.15, 0.2) is 5.82 Å². The number of rotatable bonds is 2. The zero-order valence-corrected chi connectivity index (χ0v) is 12.8. The van der Waals surface area contributed by atoms with Crippen molar-refractivity contribution in [3.8, 4) is 0 Å². The molecule has 2 aliphatic rings. The topological polar surface area (TPSA) is 60.9 Å². The molecule has 2 aliphatic heterocycles. The van der Waals surface area contributed by atoms with Gasteiger partial charge < -0.3 is 14.9 Å². The van der Waals surface area contributed by atoms with E-state index in [9.17, 15) is 19.1 Å². The van der Waals surface area contributed by atoms with Crippen molar-refractivity contribution in [1.82, 2.24) is 9.80 Å². The van der Waals surface area contributed by atoms with E-state index in [1.54, 1.807) is 0 Å². The molecule has 1 unspecified atom stereocenters. The van der Waals surface area contributed by atoms with E-state index in [0.29, 0.717) is 19.6 Å². The average Bonchev–Trinajstić information content (AvgIpc) is 2.95. The van der Waals surface area contributed by atoms with Gasteiger partial charge in [0.1, 0.15) is 5.41 Å². The molecule has 7 heteroatoms. The van der Waals surface area contributed by atoms with Gasteiger partial charge in [0.25, 0.3) is 5.91 Å². The molecule has 0 saturated carbocycles. The highest BCUT2D eigenvalue weighted by atomic mass is 35.5. The highest BCUT2D eigenvalue weighted by Gasteiger charge is 2.57. The van der Waals surface area contributed by atoms with E-state index in [0.717, 1.165) is 0 Å². The molecule has 118 valence electrons. The van der Waals surface area contributed by atoms with Crippen LogP contribution in [0.3, 0.4) is 0 Å². The maximum atomic E-state index is 14.0. The number of halogens is 2. The zero-order chi connectivity index (χ0) is 16.1. The van der Waals surface area contributed by atoms with Gasteiger partial charge >= 0.3 is 5.97 Å². The van der Waals surface area contributed by atoms with E-state index in [1.165, 1.54) is 23.1 Å². The van der Waals surface area contributed by atoms with E-state index in [-0.39, 0.29) is 23.0 Å². The predicted octanol–water partition coefficient (Wildman–Crippen LogP) is 1.57. The van der Waals surface area contributed by atoms with Crippen LogP contribution in [0.25, 0.3) is 0 Å². The van der Waals surface area contributed by atoms with Gasteiger partial charge in [-0.15, -0.1) is 0 Å². The maximum Gasteiger partial charge on any atom is 0.313 e. The van der Waals surface area contributed by atoms with Gasteiger partial charge in [-0.2, -0.15) is 0 Å². The number of carbonyl (C=O) groups excluding carboxylic acids is 1. The number of nitrogens with zero attached hydrogens (tertiary/aromatic N) is 2. The third-order valence-corrected chi connectivity index (χ3v) is 4.97. The lowest BCUT2D eigenvalue weighted by Gasteiger charge is -2.24. The summed E-state index contributed by atoms with van der Waals surface area (Å²) in [6.45, 7) is 1.44. The highest BCUT2D eigenvalue weighted by Crippen LogP contribution is 2.42. The summed E-state index contributed by atoms with van der Waals surface area (Å²) in [5.74, 6) is -2.30. The molecule has 0 spiro atoms. The molecule has 2 atom stereocenters. The van der Waals surface area contributed by atoms with Gasteiger partial charge in [0.05, 0.1) is 10.6 Å². The first-order valence-corrected chi connectivity index (χ1v) is 7.38. The summed E-state index contributed by atoms with van der Waals surface area (Å²) in [5, 5.41) is 9.49. The summed E-state index contributed by atoms with van der Waals surface area (Å²) in [7, 11) is 1.87. The van der Waals surface area contributed by atoms with E-state index >= 15 is 0 Å². The summed E-state index contributed by atoms with van der Waals surface area (Å²) < 4.78 is 14.0. The third kappa shape index (κ3) is 2.18. The predicted molar refractivity (Wildman–Crippen MR) is 78.4 cm³/mol. The van der Waals surface area contributed by atoms with Crippen LogP contribution >= 0.6 is 11.6 Å². The number of hydrogen-bond acceptors (Lipinski definition) is 3. The number of carboxylic acids is 1. The molecule has 0 aromatic heterocycles.